The molecule has 0 bridgehead atoms. The average molecular weight is 384 g/mol. The first-order valence-electron chi connectivity index (χ1n) is 4.45. The molecule has 88 valence electrons. The highest BCUT2D eigenvalue weighted by Gasteiger charge is 2.08. The van der Waals surface area contributed by atoms with Crippen molar-refractivity contribution in [2.75, 3.05) is 5.32 Å². The summed E-state index contributed by atoms with van der Waals surface area (Å²) in [5.41, 5.74) is 0.530. The lowest BCUT2D eigenvalue weighted by Crippen LogP contribution is -1.97. The van der Waals surface area contributed by atoms with Crippen LogP contribution in [-0.2, 0) is 0 Å². The van der Waals surface area contributed by atoms with E-state index in [9.17, 15) is 4.39 Å². The van der Waals surface area contributed by atoms with Crippen LogP contribution < -0.4 is 5.32 Å². The zero-order valence-corrected chi connectivity index (χ0v) is 11.9. The Balaban J connectivity index is 2.27. The third-order valence-corrected chi connectivity index (χ3v) is 2.97. The van der Waals surface area contributed by atoms with Gasteiger partial charge in [0.25, 0.3) is 0 Å². The Hall–Kier alpha value is -0.660. The SMILES string of the molecule is Fc1c(Cl)cc(Nc2ncc(I)cn2)cc1Cl. The van der Waals surface area contributed by atoms with Crippen molar-refractivity contribution < 1.29 is 4.39 Å². The van der Waals surface area contributed by atoms with Gasteiger partial charge in [-0.1, -0.05) is 23.2 Å². The molecule has 2 aromatic rings. The van der Waals surface area contributed by atoms with Gasteiger partial charge in [-0.05, 0) is 34.7 Å². The first kappa shape index (κ1) is 12.8. The van der Waals surface area contributed by atoms with E-state index in [0.29, 0.717) is 11.6 Å². The highest BCUT2D eigenvalue weighted by molar-refractivity contribution is 14.1. The summed E-state index contributed by atoms with van der Waals surface area (Å²) < 4.78 is 14.1. The van der Waals surface area contributed by atoms with Crippen molar-refractivity contribution in [2.24, 2.45) is 0 Å². The van der Waals surface area contributed by atoms with Crippen LogP contribution in [0.25, 0.3) is 0 Å². The van der Waals surface area contributed by atoms with E-state index in [-0.39, 0.29) is 10.0 Å². The first-order chi connectivity index (χ1) is 8.06. The molecule has 0 atom stereocenters. The number of halogens is 4. The zero-order chi connectivity index (χ0) is 12.4. The van der Waals surface area contributed by atoms with E-state index in [1.165, 1.54) is 12.1 Å². The molecule has 3 nitrogen and oxygen atoms in total. The zero-order valence-electron chi connectivity index (χ0n) is 8.22. The summed E-state index contributed by atoms with van der Waals surface area (Å²) in [7, 11) is 0. The monoisotopic (exact) mass is 383 g/mol. The molecule has 1 aromatic carbocycles. The second-order valence-electron chi connectivity index (χ2n) is 3.10. The molecule has 0 radical (unpaired) electrons. The Morgan fingerprint density at radius 1 is 1.12 bits per heavy atom. The standard InChI is InChI=1S/C10H5Cl2FIN3/c11-7-1-6(2-8(12)9(7)13)17-10-15-3-5(14)4-16-10/h1-4H,(H,15,16,17). The summed E-state index contributed by atoms with van der Waals surface area (Å²) in [6, 6.07) is 2.84. The smallest absolute Gasteiger partial charge is 0.227 e. The normalized spacial score (nSPS) is 10.4. The predicted octanol–water partition coefficient (Wildman–Crippen LogP) is 4.27. The molecule has 1 N–H and O–H groups in total. The van der Waals surface area contributed by atoms with E-state index < -0.39 is 5.82 Å². The number of hydrogen-bond donors (Lipinski definition) is 1. The fourth-order valence-corrected chi connectivity index (χ4v) is 1.90. The van der Waals surface area contributed by atoms with Crippen molar-refractivity contribution in [2.45, 2.75) is 0 Å². The third kappa shape index (κ3) is 3.17. The van der Waals surface area contributed by atoms with E-state index in [4.69, 9.17) is 23.2 Å². The Kier molecular flexibility index (Phi) is 4.01. The molecule has 17 heavy (non-hydrogen) atoms. The van der Waals surface area contributed by atoms with Gasteiger partial charge < -0.3 is 5.32 Å². The largest absolute Gasteiger partial charge is 0.324 e. The van der Waals surface area contributed by atoms with Crippen LogP contribution in [0.2, 0.25) is 10.0 Å². The Bertz CT molecular complexity index is 525. The van der Waals surface area contributed by atoms with Crippen LogP contribution in [0.1, 0.15) is 0 Å². The Morgan fingerprint density at radius 3 is 2.18 bits per heavy atom. The second kappa shape index (κ2) is 5.32. The number of hydrogen-bond acceptors (Lipinski definition) is 3. The summed E-state index contributed by atoms with van der Waals surface area (Å²) in [5, 5.41) is 2.78. The molecule has 0 saturated heterocycles. The van der Waals surface area contributed by atoms with Crippen LogP contribution in [0.3, 0.4) is 0 Å². The van der Waals surface area contributed by atoms with Crippen molar-refractivity contribution >= 4 is 57.4 Å². The number of anilines is 2. The minimum Gasteiger partial charge on any atom is -0.324 e. The molecule has 2 rings (SSSR count). The van der Waals surface area contributed by atoms with Crippen LogP contribution in [0.5, 0.6) is 0 Å². The molecule has 0 spiro atoms. The molecular weight excluding hydrogens is 379 g/mol. The topological polar surface area (TPSA) is 37.8 Å². The van der Waals surface area contributed by atoms with E-state index in [1.54, 1.807) is 12.4 Å². The van der Waals surface area contributed by atoms with Gasteiger partial charge in [-0.3, -0.25) is 0 Å². The third-order valence-electron chi connectivity index (χ3n) is 1.86. The summed E-state index contributed by atoms with van der Waals surface area (Å²) in [4.78, 5) is 8.09. The van der Waals surface area contributed by atoms with Gasteiger partial charge in [-0.25, -0.2) is 14.4 Å². The van der Waals surface area contributed by atoms with Crippen LogP contribution in [0.15, 0.2) is 24.5 Å². The molecule has 1 heterocycles. The average Bonchev–Trinajstić information content (AvgIpc) is 2.29. The number of benzene rings is 1. The summed E-state index contributed by atoms with van der Waals surface area (Å²) in [6.07, 6.45) is 3.31. The first-order valence-corrected chi connectivity index (χ1v) is 6.29. The van der Waals surface area contributed by atoms with Gasteiger partial charge in [0.1, 0.15) is 0 Å². The van der Waals surface area contributed by atoms with Gasteiger partial charge in [-0.2, -0.15) is 0 Å². The maximum Gasteiger partial charge on any atom is 0.227 e. The molecule has 0 amide bonds. The maximum absolute atomic E-state index is 13.2. The quantitative estimate of drug-likeness (QED) is 0.621. The Labute approximate surface area is 121 Å². The number of nitrogens with one attached hydrogen (secondary N) is 1. The van der Waals surface area contributed by atoms with Crippen molar-refractivity contribution in [3.8, 4) is 0 Å². The summed E-state index contributed by atoms with van der Waals surface area (Å²) in [5.74, 6) is -0.244. The van der Waals surface area contributed by atoms with Crippen LogP contribution >= 0.6 is 45.8 Å². The number of nitrogens with zero attached hydrogens (tertiary/aromatic N) is 2. The molecular formula is C10H5Cl2FIN3. The van der Waals surface area contributed by atoms with E-state index in [1.807, 2.05) is 0 Å². The minimum atomic E-state index is -0.637. The summed E-state index contributed by atoms with van der Waals surface area (Å²) in [6.45, 7) is 0. The summed E-state index contributed by atoms with van der Waals surface area (Å²) >= 11 is 13.4. The highest BCUT2D eigenvalue weighted by Crippen LogP contribution is 2.28. The molecule has 7 heteroatoms. The minimum absolute atomic E-state index is 0.0505. The van der Waals surface area contributed by atoms with E-state index >= 15 is 0 Å². The molecule has 0 saturated carbocycles. The van der Waals surface area contributed by atoms with Gasteiger partial charge in [0, 0.05) is 21.7 Å². The highest BCUT2D eigenvalue weighted by atomic mass is 127. The van der Waals surface area contributed by atoms with Crippen molar-refractivity contribution in [3.05, 3.63) is 44.0 Å². The molecule has 0 fully saturated rings. The molecule has 1 aromatic heterocycles. The number of aromatic nitrogens is 2. The molecule has 0 aliphatic carbocycles. The molecule has 0 aliphatic rings. The fourth-order valence-electron chi connectivity index (χ4n) is 1.13. The second-order valence-corrected chi connectivity index (χ2v) is 5.16. The van der Waals surface area contributed by atoms with Crippen LogP contribution in [0.4, 0.5) is 16.0 Å². The van der Waals surface area contributed by atoms with Gasteiger partial charge in [-0.15, -0.1) is 0 Å². The lowest BCUT2D eigenvalue weighted by atomic mass is 10.3. The van der Waals surface area contributed by atoms with Crippen LogP contribution in [0, 0.1) is 9.39 Å². The van der Waals surface area contributed by atoms with Crippen molar-refractivity contribution in [3.63, 3.8) is 0 Å². The van der Waals surface area contributed by atoms with Crippen LogP contribution in [-0.4, -0.2) is 9.97 Å². The lowest BCUT2D eigenvalue weighted by Gasteiger charge is -2.06. The van der Waals surface area contributed by atoms with E-state index in [2.05, 4.69) is 37.9 Å². The van der Waals surface area contributed by atoms with E-state index in [0.717, 1.165) is 3.57 Å². The maximum atomic E-state index is 13.2. The molecule has 0 unspecified atom stereocenters. The van der Waals surface area contributed by atoms with Gasteiger partial charge in [0.05, 0.1) is 10.0 Å². The van der Waals surface area contributed by atoms with Crippen molar-refractivity contribution in [1.29, 1.82) is 0 Å². The predicted molar refractivity (Wildman–Crippen MR) is 74.5 cm³/mol. The fraction of sp³-hybridized carbons (Fsp3) is 0. The van der Waals surface area contributed by atoms with Gasteiger partial charge >= 0.3 is 0 Å². The van der Waals surface area contributed by atoms with Crippen molar-refractivity contribution in [1.82, 2.24) is 9.97 Å². The lowest BCUT2D eigenvalue weighted by molar-refractivity contribution is 0.629. The Morgan fingerprint density at radius 2 is 1.65 bits per heavy atom. The van der Waals surface area contributed by atoms with Gasteiger partial charge in [0.15, 0.2) is 5.82 Å². The van der Waals surface area contributed by atoms with Gasteiger partial charge in [0.2, 0.25) is 5.95 Å². The number of rotatable bonds is 2. The molecule has 0 aliphatic heterocycles.